The Bertz CT molecular complexity index is 618. The van der Waals surface area contributed by atoms with Crippen LogP contribution in [-0.4, -0.2) is 84.6 Å². The molecular formula is C16H23N3O8. The highest BCUT2D eigenvalue weighted by atomic mass is 16.4. The topological polar surface area (TPSA) is 195 Å². The van der Waals surface area contributed by atoms with E-state index in [-0.39, 0.29) is 5.91 Å². The Balaban J connectivity index is 0.000000314. The average molecular weight is 385 g/mol. The van der Waals surface area contributed by atoms with E-state index < -0.39 is 36.3 Å². The van der Waals surface area contributed by atoms with Crippen LogP contribution in [0.15, 0.2) is 24.5 Å². The molecule has 1 aliphatic rings. The zero-order valence-electron chi connectivity index (χ0n) is 14.4. The number of rotatable bonds is 6. The van der Waals surface area contributed by atoms with E-state index >= 15 is 0 Å². The van der Waals surface area contributed by atoms with Crippen LogP contribution in [0.3, 0.4) is 0 Å². The summed E-state index contributed by atoms with van der Waals surface area (Å²) in [6, 6.07) is 2.44. The lowest BCUT2D eigenvalue weighted by molar-refractivity contribution is -0.165. The van der Waals surface area contributed by atoms with Gasteiger partial charge in [-0.05, 0) is 30.5 Å². The summed E-state index contributed by atoms with van der Waals surface area (Å²) in [4.78, 5) is 37.1. The van der Waals surface area contributed by atoms with Gasteiger partial charge in [-0.2, -0.15) is 0 Å². The molecule has 0 unspecified atom stereocenters. The van der Waals surface area contributed by atoms with Gasteiger partial charge in [0.2, 0.25) is 5.91 Å². The van der Waals surface area contributed by atoms with Crippen molar-refractivity contribution in [2.75, 3.05) is 13.1 Å². The molecule has 0 aliphatic carbocycles. The highest BCUT2D eigenvalue weighted by Gasteiger charge is 2.30. The van der Waals surface area contributed by atoms with Crippen molar-refractivity contribution in [3.05, 3.63) is 30.1 Å². The Hall–Kier alpha value is -2.60. The normalized spacial score (nSPS) is 17.9. The molecule has 0 bridgehead atoms. The summed E-state index contributed by atoms with van der Waals surface area (Å²) in [6.45, 7) is 1.49. The molecule has 150 valence electrons. The molecule has 1 aliphatic heterocycles. The number of nitrogens with zero attached hydrogens (tertiary/aromatic N) is 2. The van der Waals surface area contributed by atoms with Gasteiger partial charge in [-0.3, -0.25) is 9.78 Å². The van der Waals surface area contributed by atoms with Crippen LogP contribution in [0.2, 0.25) is 0 Å². The maximum absolute atomic E-state index is 12.0. The Morgan fingerprint density at radius 1 is 0.963 bits per heavy atom. The van der Waals surface area contributed by atoms with Crippen LogP contribution >= 0.6 is 0 Å². The number of amides is 1. The molecule has 1 amide bonds. The maximum atomic E-state index is 12.0. The zero-order chi connectivity index (χ0) is 20.6. The number of aliphatic hydroxyl groups is 3. The van der Waals surface area contributed by atoms with Crippen LogP contribution < -0.4 is 5.73 Å². The molecule has 27 heavy (non-hydrogen) atoms. The number of aliphatic carboxylic acids is 2. The van der Waals surface area contributed by atoms with Crippen LogP contribution in [0.5, 0.6) is 0 Å². The molecule has 11 heteroatoms. The minimum absolute atomic E-state index is 0.174. The van der Waals surface area contributed by atoms with Gasteiger partial charge in [0.15, 0.2) is 12.2 Å². The third-order valence-corrected chi connectivity index (χ3v) is 3.90. The minimum atomic E-state index is -2.27. The molecule has 11 nitrogen and oxygen atoms in total. The predicted molar refractivity (Wildman–Crippen MR) is 90.3 cm³/mol. The van der Waals surface area contributed by atoms with Crippen molar-refractivity contribution in [1.29, 1.82) is 0 Å². The number of carbonyl (C=O) groups excluding carboxylic acids is 1. The predicted octanol–water partition coefficient (Wildman–Crippen LogP) is -2.06. The number of carboxylic acids is 2. The number of carbonyl (C=O) groups is 3. The van der Waals surface area contributed by atoms with Gasteiger partial charge in [-0.1, -0.05) is 0 Å². The van der Waals surface area contributed by atoms with Gasteiger partial charge in [0.1, 0.15) is 12.1 Å². The van der Waals surface area contributed by atoms with E-state index in [2.05, 4.69) is 4.98 Å². The smallest absolute Gasteiger partial charge is 0.335 e. The number of carboxylic acid groups (broad SMARTS) is 2. The Labute approximate surface area is 154 Å². The van der Waals surface area contributed by atoms with Gasteiger partial charge >= 0.3 is 11.9 Å². The summed E-state index contributed by atoms with van der Waals surface area (Å²) in [7, 11) is 0. The fourth-order valence-corrected chi connectivity index (χ4v) is 2.32. The van der Waals surface area contributed by atoms with Crippen molar-refractivity contribution >= 4 is 17.8 Å². The van der Waals surface area contributed by atoms with Crippen LogP contribution in [-0.2, 0) is 14.4 Å². The maximum Gasteiger partial charge on any atom is 0.335 e. The van der Waals surface area contributed by atoms with Gasteiger partial charge < -0.3 is 36.2 Å². The van der Waals surface area contributed by atoms with Crippen molar-refractivity contribution in [1.82, 2.24) is 9.88 Å². The SMILES string of the molecule is N[C@@H](C(=O)N1CCCC1)[C@@H](O)c1ccncc1.O=C(O)[C@H](O)[C@@H](O)C(=O)O. The molecule has 4 atom stereocenters. The number of nitrogens with two attached hydrogens (primary N) is 1. The van der Waals surface area contributed by atoms with Crippen molar-refractivity contribution < 1.29 is 39.9 Å². The summed E-state index contributed by atoms with van der Waals surface area (Å²) in [6.07, 6.45) is -0.314. The molecule has 1 aromatic rings. The van der Waals surface area contributed by atoms with Crippen molar-refractivity contribution in [3.63, 3.8) is 0 Å². The van der Waals surface area contributed by atoms with E-state index in [1.165, 1.54) is 0 Å². The molecule has 0 aromatic carbocycles. The van der Waals surface area contributed by atoms with Crippen molar-refractivity contribution in [2.45, 2.75) is 37.2 Å². The fraction of sp³-hybridized carbons (Fsp3) is 0.500. The summed E-state index contributed by atoms with van der Waals surface area (Å²) < 4.78 is 0. The largest absolute Gasteiger partial charge is 0.479 e. The molecule has 0 spiro atoms. The summed E-state index contributed by atoms with van der Waals surface area (Å²) in [5.41, 5.74) is 6.44. The third-order valence-electron chi connectivity index (χ3n) is 3.90. The number of pyridine rings is 1. The van der Waals surface area contributed by atoms with Gasteiger partial charge in [-0.25, -0.2) is 9.59 Å². The van der Waals surface area contributed by atoms with Crippen molar-refractivity contribution in [2.24, 2.45) is 5.73 Å². The Kier molecular flexibility index (Phi) is 8.75. The lowest BCUT2D eigenvalue weighted by Gasteiger charge is -2.23. The van der Waals surface area contributed by atoms with Crippen LogP contribution in [0.4, 0.5) is 0 Å². The number of aliphatic hydroxyl groups excluding tert-OH is 3. The van der Waals surface area contributed by atoms with E-state index in [1.807, 2.05) is 0 Å². The highest BCUT2D eigenvalue weighted by Crippen LogP contribution is 2.18. The van der Waals surface area contributed by atoms with E-state index in [9.17, 15) is 19.5 Å². The second kappa shape index (κ2) is 10.5. The van der Waals surface area contributed by atoms with Gasteiger partial charge in [-0.15, -0.1) is 0 Å². The Morgan fingerprint density at radius 2 is 1.41 bits per heavy atom. The second-order valence-electron chi connectivity index (χ2n) is 5.85. The number of aromatic nitrogens is 1. The number of hydrogen-bond acceptors (Lipinski definition) is 8. The first-order valence-corrected chi connectivity index (χ1v) is 8.11. The third kappa shape index (κ3) is 6.57. The average Bonchev–Trinajstić information content (AvgIpc) is 3.20. The lowest BCUT2D eigenvalue weighted by Crippen LogP contribution is -2.45. The number of hydrogen-bond donors (Lipinski definition) is 6. The fourth-order valence-electron chi connectivity index (χ4n) is 2.32. The second-order valence-corrected chi connectivity index (χ2v) is 5.85. The van der Waals surface area contributed by atoms with Crippen LogP contribution in [0, 0.1) is 0 Å². The zero-order valence-corrected chi connectivity index (χ0v) is 14.4. The summed E-state index contributed by atoms with van der Waals surface area (Å²) >= 11 is 0. The number of likely N-dealkylation sites (tertiary alicyclic amines) is 1. The molecular weight excluding hydrogens is 362 g/mol. The standard InChI is InChI=1S/C12H17N3O2.C4H6O6/c13-10(12(17)15-7-1-2-8-15)11(16)9-3-5-14-6-4-9;5-1(3(7)8)2(6)4(9)10/h3-6,10-11,16H,1-2,7-8,13H2;1-2,5-6H,(H,7,8)(H,9,10)/t10-,11+;1-,2-/m11/s1. The molecule has 1 saturated heterocycles. The summed E-state index contributed by atoms with van der Waals surface area (Å²) in [5.74, 6) is -3.71. The first-order valence-electron chi connectivity index (χ1n) is 8.11. The molecule has 7 N–H and O–H groups in total. The van der Waals surface area contributed by atoms with Gasteiger partial charge in [0, 0.05) is 25.5 Å². The quantitative estimate of drug-likeness (QED) is 0.317. The van der Waals surface area contributed by atoms with E-state index in [4.69, 9.17) is 26.2 Å². The molecule has 2 heterocycles. The lowest BCUT2D eigenvalue weighted by atomic mass is 10.0. The molecule has 0 radical (unpaired) electrons. The first kappa shape index (κ1) is 22.4. The monoisotopic (exact) mass is 385 g/mol. The molecule has 1 aromatic heterocycles. The summed E-state index contributed by atoms with van der Waals surface area (Å²) in [5, 5.41) is 42.5. The molecule has 2 rings (SSSR count). The van der Waals surface area contributed by atoms with Gasteiger partial charge in [0.05, 0.1) is 0 Å². The van der Waals surface area contributed by atoms with E-state index in [1.54, 1.807) is 29.4 Å². The van der Waals surface area contributed by atoms with E-state index in [0.717, 1.165) is 25.9 Å². The van der Waals surface area contributed by atoms with E-state index in [0.29, 0.717) is 5.56 Å². The molecule has 0 saturated carbocycles. The highest BCUT2D eigenvalue weighted by molar-refractivity contribution is 5.83. The van der Waals surface area contributed by atoms with Crippen LogP contribution in [0.1, 0.15) is 24.5 Å². The Morgan fingerprint density at radius 3 is 1.81 bits per heavy atom. The van der Waals surface area contributed by atoms with Crippen LogP contribution in [0.25, 0.3) is 0 Å². The minimum Gasteiger partial charge on any atom is -0.479 e. The van der Waals surface area contributed by atoms with Crippen molar-refractivity contribution in [3.8, 4) is 0 Å². The van der Waals surface area contributed by atoms with Gasteiger partial charge in [0.25, 0.3) is 0 Å². The molecule has 1 fully saturated rings. The first-order chi connectivity index (χ1) is 12.7.